The highest BCUT2D eigenvalue weighted by Gasteiger charge is 2.35. The molecule has 360 valence electrons. The molecule has 10 aromatic rings. The second-order valence-electron chi connectivity index (χ2n) is 17.6. The number of hydrazone groups is 1. The van der Waals surface area contributed by atoms with Crippen molar-refractivity contribution in [3.05, 3.63) is 156 Å². The monoisotopic (exact) mass is 970 g/mol. The lowest BCUT2D eigenvalue weighted by molar-refractivity contribution is -0.125. The summed E-state index contributed by atoms with van der Waals surface area (Å²) < 4.78 is 9.10. The van der Waals surface area contributed by atoms with E-state index in [1.807, 2.05) is 98.2 Å². The number of aromatic amines is 2. The van der Waals surface area contributed by atoms with Crippen molar-refractivity contribution < 1.29 is 19.5 Å². The fourth-order valence-electron chi connectivity index (χ4n) is 9.30. The van der Waals surface area contributed by atoms with Gasteiger partial charge in [-0.05, 0) is 95.7 Å². The molecule has 22 nitrogen and oxygen atoms in total. The number of carbonyl (C=O) groups excluding carboxylic acids is 1. The number of hydrogen-bond acceptors (Lipinski definition) is 17. The number of nitrogens with one attached hydrogen (secondary N) is 4. The van der Waals surface area contributed by atoms with E-state index in [2.05, 4.69) is 51.9 Å². The first-order valence-electron chi connectivity index (χ1n) is 23.4. The van der Waals surface area contributed by atoms with E-state index in [4.69, 9.17) is 36.1 Å². The molecule has 12 rings (SSSR count). The largest absolute Gasteiger partial charge is 0.492 e. The minimum absolute atomic E-state index is 0.248. The van der Waals surface area contributed by atoms with Crippen molar-refractivity contribution in [2.75, 3.05) is 23.7 Å². The maximum atomic E-state index is 12.2. The zero-order valence-electron chi connectivity index (χ0n) is 39.0. The van der Waals surface area contributed by atoms with Crippen LogP contribution in [0.4, 0.5) is 11.4 Å². The SMILES string of the molecule is Cc1cccc(-c2nc(CNc3ccc4c(c3)C=NN(C(=O)CN)B4O)[nH]c2-c2cc(Cc3cccc(-c4nc(CNc5ccc6c(c5)C(CN)OB6O)[nH]c4-c4ccc5ncnn5c4)n3)c3ncnn3c2)n1. The summed E-state index contributed by atoms with van der Waals surface area (Å²) in [4.78, 5) is 49.6. The van der Waals surface area contributed by atoms with Gasteiger partial charge in [0.15, 0.2) is 11.3 Å². The molecule has 8 aromatic heterocycles. The summed E-state index contributed by atoms with van der Waals surface area (Å²) in [5.74, 6) is 0.820. The summed E-state index contributed by atoms with van der Waals surface area (Å²) in [7, 11) is -2.25. The van der Waals surface area contributed by atoms with Gasteiger partial charge in [0.2, 0.25) is 5.91 Å². The Bertz CT molecular complexity index is 3780. The molecule has 10 N–H and O–H groups in total. The smallest absolute Gasteiger partial charge is 0.427 e. The molecule has 1 atom stereocenters. The lowest BCUT2D eigenvalue weighted by atomic mass is 9.69. The third-order valence-corrected chi connectivity index (χ3v) is 12.8. The fourth-order valence-corrected chi connectivity index (χ4v) is 9.30. The number of benzene rings is 2. The number of amides is 1. The number of aryl methyl sites for hydroxylation is 1. The molecule has 1 amide bonds. The zero-order chi connectivity index (χ0) is 49.7. The molecule has 0 spiro atoms. The summed E-state index contributed by atoms with van der Waals surface area (Å²) in [5.41, 5.74) is 25.4. The summed E-state index contributed by atoms with van der Waals surface area (Å²) in [5, 5.41) is 41.2. The number of aromatic nitrogens is 12. The maximum Gasteiger partial charge on any atom is 0.492 e. The van der Waals surface area contributed by atoms with Gasteiger partial charge in [-0.3, -0.25) is 14.8 Å². The highest BCUT2D eigenvalue weighted by atomic mass is 16.5. The van der Waals surface area contributed by atoms with Gasteiger partial charge in [-0.25, -0.2) is 33.9 Å². The molecule has 2 aromatic carbocycles. The van der Waals surface area contributed by atoms with Gasteiger partial charge in [-0.15, -0.1) is 0 Å². The Morgan fingerprint density at radius 1 is 0.767 bits per heavy atom. The lowest BCUT2D eigenvalue weighted by Gasteiger charge is -2.24. The van der Waals surface area contributed by atoms with Crippen molar-refractivity contribution in [3.8, 4) is 45.3 Å². The van der Waals surface area contributed by atoms with E-state index in [1.54, 1.807) is 15.1 Å². The Morgan fingerprint density at radius 2 is 1.47 bits per heavy atom. The van der Waals surface area contributed by atoms with Gasteiger partial charge < -0.3 is 46.8 Å². The maximum absolute atomic E-state index is 12.2. The highest BCUT2D eigenvalue weighted by Crippen LogP contribution is 2.34. The Kier molecular flexibility index (Phi) is 11.6. The van der Waals surface area contributed by atoms with Gasteiger partial charge in [-0.2, -0.15) is 15.3 Å². The third kappa shape index (κ3) is 8.63. The van der Waals surface area contributed by atoms with Crippen molar-refractivity contribution >= 4 is 59.9 Å². The number of carbonyl (C=O) groups is 1. The average Bonchev–Trinajstić information content (AvgIpc) is 4.28. The van der Waals surface area contributed by atoms with Gasteiger partial charge in [-0.1, -0.05) is 24.3 Å². The van der Waals surface area contributed by atoms with Crippen molar-refractivity contribution in [1.29, 1.82) is 0 Å². The van der Waals surface area contributed by atoms with Crippen LogP contribution in [-0.4, -0.2) is 113 Å². The normalized spacial score (nSPS) is 14.1. The van der Waals surface area contributed by atoms with Gasteiger partial charge in [0.1, 0.15) is 35.7 Å². The van der Waals surface area contributed by atoms with Crippen LogP contribution in [0.5, 0.6) is 0 Å². The van der Waals surface area contributed by atoms with Gasteiger partial charge in [0.25, 0.3) is 0 Å². The number of nitrogens with two attached hydrogens (primary N) is 2. The van der Waals surface area contributed by atoms with E-state index in [0.29, 0.717) is 81.7 Å². The molecule has 0 aliphatic carbocycles. The van der Waals surface area contributed by atoms with Crippen LogP contribution in [0.3, 0.4) is 0 Å². The third-order valence-electron chi connectivity index (χ3n) is 12.8. The molecular formula is C49H44B2N18O4. The summed E-state index contributed by atoms with van der Waals surface area (Å²) >= 11 is 0. The molecule has 0 saturated heterocycles. The van der Waals surface area contributed by atoms with E-state index >= 15 is 0 Å². The summed E-state index contributed by atoms with van der Waals surface area (Å²) in [6, 6.07) is 28.8. The zero-order valence-corrected chi connectivity index (χ0v) is 39.0. The molecule has 2 aliphatic rings. The number of hydrogen-bond donors (Lipinski definition) is 8. The van der Waals surface area contributed by atoms with E-state index < -0.39 is 26.2 Å². The first kappa shape index (κ1) is 45.2. The first-order chi connectivity index (χ1) is 35.7. The topological polar surface area (TPSA) is 302 Å². The van der Waals surface area contributed by atoms with Crippen molar-refractivity contribution in [1.82, 2.24) is 64.0 Å². The molecule has 0 radical (unpaired) electrons. The van der Waals surface area contributed by atoms with Crippen LogP contribution in [0.25, 0.3) is 56.6 Å². The second kappa shape index (κ2) is 18.7. The quantitative estimate of drug-likeness (QED) is 0.0726. The van der Waals surface area contributed by atoms with Gasteiger partial charge in [0.05, 0.1) is 54.7 Å². The fraction of sp³-hybridized carbons (Fsp3) is 0.143. The highest BCUT2D eigenvalue weighted by molar-refractivity contribution is 6.67. The lowest BCUT2D eigenvalue weighted by Crippen LogP contribution is -2.53. The van der Waals surface area contributed by atoms with Gasteiger partial charge in [0, 0.05) is 64.8 Å². The van der Waals surface area contributed by atoms with Crippen molar-refractivity contribution in [3.63, 3.8) is 0 Å². The molecule has 2 aliphatic heterocycles. The van der Waals surface area contributed by atoms with E-state index in [0.717, 1.165) is 61.3 Å². The molecule has 10 heterocycles. The first-order valence-corrected chi connectivity index (χ1v) is 23.4. The number of fused-ring (bicyclic) bond motifs is 4. The Balaban J connectivity index is 0.854. The Morgan fingerprint density at radius 3 is 2.23 bits per heavy atom. The molecule has 0 saturated carbocycles. The molecule has 24 heteroatoms. The van der Waals surface area contributed by atoms with Crippen molar-refractivity contribution in [2.24, 2.45) is 16.6 Å². The molecule has 1 unspecified atom stereocenters. The number of nitrogens with zero attached hydrogens (tertiary/aromatic N) is 12. The summed E-state index contributed by atoms with van der Waals surface area (Å²) in [6.07, 6.45) is 8.40. The van der Waals surface area contributed by atoms with Crippen LogP contribution in [-0.2, 0) is 29.0 Å². The van der Waals surface area contributed by atoms with Crippen LogP contribution in [0.15, 0.2) is 121 Å². The minimum Gasteiger partial charge on any atom is -0.427 e. The van der Waals surface area contributed by atoms with Crippen LogP contribution < -0.4 is 33.0 Å². The van der Waals surface area contributed by atoms with E-state index in [-0.39, 0.29) is 13.1 Å². The van der Waals surface area contributed by atoms with Crippen LogP contribution in [0.1, 0.15) is 45.8 Å². The second-order valence-corrected chi connectivity index (χ2v) is 17.6. The number of anilines is 2. The predicted molar refractivity (Wildman–Crippen MR) is 274 cm³/mol. The number of imidazole rings is 2. The van der Waals surface area contributed by atoms with Crippen LogP contribution >= 0.6 is 0 Å². The van der Waals surface area contributed by atoms with E-state index in [1.165, 1.54) is 18.9 Å². The van der Waals surface area contributed by atoms with E-state index in [9.17, 15) is 14.8 Å². The predicted octanol–water partition coefficient (Wildman–Crippen LogP) is 2.34. The van der Waals surface area contributed by atoms with Gasteiger partial charge >= 0.3 is 14.2 Å². The standard InChI is InChI=1S/C49H44B2N18O4/c1-27-4-2-6-38(61-27)47-46(64-42(65-47)21-54-32-9-11-36-30(16-32)20-58-69(50(36)71)44(70)19-53)31-14-29(49-57-26-60-68(49)24-31)15-34-5-3-7-39(62-34)48-45(28-8-13-43-56-25-59-67(43)23-28)63-41(66-48)22-55-33-10-12-37-35(17-33)40(18-52)73-51(37)72/h2-14,16-17,20,23-26,40,54-55,71-72H,15,18-19,21-22,52-53H2,1H3,(H,63,66)(H,64,65). The average molecular weight is 971 g/mol. The molecule has 0 bridgehead atoms. The minimum atomic E-state index is -1.24. The number of rotatable bonds is 14. The van der Waals surface area contributed by atoms with Crippen molar-refractivity contribution in [2.45, 2.75) is 32.5 Å². The molecule has 73 heavy (non-hydrogen) atoms. The summed E-state index contributed by atoms with van der Waals surface area (Å²) in [6.45, 7) is 2.58. The van der Waals surface area contributed by atoms with Crippen LogP contribution in [0, 0.1) is 6.92 Å². The molecular weight excluding hydrogens is 926 g/mol. The Labute approximate surface area is 415 Å². The Hall–Kier alpha value is -8.93. The van der Waals surface area contributed by atoms with Crippen LogP contribution in [0.2, 0.25) is 0 Å². The molecule has 0 fully saturated rings. The number of pyridine rings is 4. The number of H-pyrrole nitrogens is 2.